The second-order valence-electron chi connectivity index (χ2n) is 4.75. The van der Waals surface area contributed by atoms with Gasteiger partial charge >= 0.3 is 0 Å². The first-order valence-electron chi connectivity index (χ1n) is 7.31. The number of carbonyl (C=O) groups excluding carboxylic acids is 1. The highest BCUT2D eigenvalue weighted by Gasteiger charge is 2.03. The highest BCUT2D eigenvalue weighted by Crippen LogP contribution is 2.27. The van der Waals surface area contributed by atoms with E-state index < -0.39 is 0 Å². The van der Waals surface area contributed by atoms with Gasteiger partial charge in [0, 0.05) is 6.42 Å². The van der Waals surface area contributed by atoms with E-state index in [1.165, 1.54) is 0 Å². The Morgan fingerprint density at radius 3 is 2.85 bits per heavy atom. The number of hydrogen-bond acceptors (Lipinski definition) is 3. The quantitative estimate of drug-likeness (QED) is 0.692. The summed E-state index contributed by atoms with van der Waals surface area (Å²) >= 11 is 0. The summed E-state index contributed by atoms with van der Waals surface area (Å²) in [5.74, 6) is 0.890. The summed E-state index contributed by atoms with van der Waals surface area (Å²) in [5.41, 5.74) is 1.09. The van der Waals surface area contributed by atoms with Gasteiger partial charge in [-0.05, 0) is 50.0 Å². The number of rotatable bonds is 9. The first-order chi connectivity index (χ1) is 9.67. The summed E-state index contributed by atoms with van der Waals surface area (Å²) in [6.45, 7) is 4.50. The van der Waals surface area contributed by atoms with E-state index in [0.717, 1.165) is 31.2 Å². The van der Waals surface area contributed by atoms with Crippen LogP contribution in [0.15, 0.2) is 30.4 Å². The van der Waals surface area contributed by atoms with Crippen molar-refractivity contribution in [3.63, 3.8) is 0 Å². The van der Waals surface area contributed by atoms with Crippen molar-refractivity contribution in [2.75, 3.05) is 6.61 Å². The summed E-state index contributed by atoms with van der Waals surface area (Å²) in [4.78, 5) is 11.5. The lowest BCUT2D eigenvalue weighted by Crippen LogP contribution is -1.94. The fourth-order valence-electron chi connectivity index (χ4n) is 1.88. The molecular formula is C17H24O3. The number of carbonyl (C=O) groups is 1. The van der Waals surface area contributed by atoms with Crippen LogP contribution in [0.4, 0.5) is 0 Å². The highest BCUT2D eigenvalue weighted by atomic mass is 16.5. The number of aryl methyl sites for hydroxylation is 1. The molecule has 0 radical (unpaired) electrons. The molecule has 1 N–H and O–H groups in total. The van der Waals surface area contributed by atoms with Gasteiger partial charge in [-0.3, -0.25) is 4.79 Å². The highest BCUT2D eigenvalue weighted by molar-refractivity contribution is 5.89. The minimum Gasteiger partial charge on any atom is -0.504 e. The van der Waals surface area contributed by atoms with Crippen LogP contribution >= 0.6 is 0 Å². The van der Waals surface area contributed by atoms with Crippen LogP contribution in [-0.2, 0) is 11.2 Å². The van der Waals surface area contributed by atoms with Crippen molar-refractivity contribution < 1.29 is 14.6 Å². The number of ether oxygens (including phenoxy) is 1. The smallest absolute Gasteiger partial charge is 0.161 e. The van der Waals surface area contributed by atoms with Gasteiger partial charge in [0.05, 0.1) is 6.61 Å². The molecule has 0 saturated carbocycles. The van der Waals surface area contributed by atoms with Crippen molar-refractivity contribution >= 4 is 5.78 Å². The van der Waals surface area contributed by atoms with Gasteiger partial charge < -0.3 is 9.84 Å². The van der Waals surface area contributed by atoms with Crippen LogP contribution in [0.1, 0.15) is 45.1 Å². The van der Waals surface area contributed by atoms with E-state index in [1.807, 2.05) is 25.1 Å². The van der Waals surface area contributed by atoms with Crippen LogP contribution in [0.5, 0.6) is 11.5 Å². The molecule has 1 rings (SSSR count). The van der Waals surface area contributed by atoms with Gasteiger partial charge in [0.15, 0.2) is 17.3 Å². The zero-order valence-corrected chi connectivity index (χ0v) is 12.4. The second kappa shape index (κ2) is 9.18. The van der Waals surface area contributed by atoms with Crippen molar-refractivity contribution in [2.24, 2.45) is 0 Å². The zero-order chi connectivity index (χ0) is 14.8. The maximum Gasteiger partial charge on any atom is 0.161 e. The molecule has 20 heavy (non-hydrogen) atoms. The Balaban J connectivity index is 2.43. The second-order valence-corrected chi connectivity index (χ2v) is 4.75. The number of aromatic hydroxyl groups is 1. The number of allylic oxidation sites excluding steroid dienone is 2. The van der Waals surface area contributed by atoms with E-state index in [2.05, 4.69) is 6.92 Å². The molecule has 0 bridgehead atoms. The summed E-state index contributed by atoms with van der Waals surface area (Å²) < 4.78 is 5.34. The minimum absolute atomic E-state index is 0.167. The van der Waals surface area contributed by atoms with Crippen LogP contribution in [0.3, 0.4) is 0 Å². The summed E-state index contributed by atoms with van der Waals surface area (Å²) in [6, 6.07) is 5.38. The molecule has 0 unspecified atom stereocenters. The summed E-state index contributed by atoms with van der Waals surface area (Å²) in [6.07, 6.45) is 7.89. The lowest BCUT2D eigenvalue weighted by Gasteiger charge is -2.07. The number of phenols is 1. The number of ketones is 1. The van der Waals surface area contributed by atoms with E-state index in [0.29, 0.717) is 18.8 Å². The molecule has 3 heteroatoms. The SMILES string of the molecule is CCCCC(=O)C=CCCc1ccc(O)c(OCC)c1. The molecule has 0 aliphatic heterocycles. The van der Waals surface area contributed by atoms with E-state index in [4.69, 9.17) is 4.74 Å². The topological polar surface area (TPSA) is 46.5 Å². The monoisotopic (exact) mass is 276 g/mol. The van der Waals surface area contributed by atoms with Gasteiger partial charge in [-0.25, -0.2) is 0 Å². The predicted molar refractivity (Wildman–Crippen MR) is 81.3 cm³/mol. The maximum atomic E-state index is 11.5. The molecule has 0 heterocycles. The molecule has 0 saturated heterocycles. The summed E-state index contributed by atoms with van der Waals surface area (Å²) in [7, 11) is 0. The Labute approximate surface area is 121 Å². The van der Waals surface area contributed by atoms with Crippen molar-refractivity contribution in [1.82, 2.24) is 0 Å². The molecule has 0 atom stereocenters. The summed E-state index contributed by atoms with van der Waals surface area (Å²) in [5, 5.41) is 9.61. The minimum atomic E-state index is 0.167. The van der Waals surface area contributed by atoms with E-state index >= 15 is 0 Å². The first-order valence-corrected chi connectivity index (χ1v) is 7.31. The van der Waals surface area contributed by atoms with Gasteiger partial charge in [0.1, 0.15) is 0 Å². The van der Waals surface area contributed by atoms with Crippen LogP contribution in [0, 0.1) is 0 Å². The first kappa shape index (κ1) is 16.3. The number of hydrogen-bond donors (Lipinski definition) is 1. The average Bonchev–Trinajstić information content (AvgIpc) is 2.45. The Morgan fingerprint density at radius 2 is 2.15 bits per heavy atom. The lowest BCUT2D eigenvalue weighted by atomic mass is 10.1. The van der Waals surface area contributed by atoms with Crippen LogP contribution < -0.4 is 4.74 Å². The third-order valence-corrected chi connectivity index (χ3v) is 3.00. The van der Waals surface area contributed by atoms with E-state index in [-0.39, 0.29) is 11.5 Å². The van der Waals surface area contributed by atoms with E-state index in [9.17, 15) is 9.90 Å². The molecular weight excluding hydrogens is 252 g/mol. The Kier molecular flexibility index (Phi) is 7.48. The van der Waals surface area contributed by atoms with Crippen LogP contribution in [-0.4, -0.2) is 17.5 Å². The van der Waals surface area contributed by atoms with Gasteiger partial charge in [0.2, 0.25) is 0 Å². The molecule has 0 spiro atoms. The fourth-order valence-corrected chi connectivity index (χ4v) is 1.88. The maximum absolute atomic E-state index is 11.5. The van der Waals surface area contributed by atoms with Gasteiger partial charge in [-0.2, -0.15) is 0 Å². The van der Waals surface area contributed by atoms with Crippen LogP contribution in [0.25, 0.3) is 0 Å². The number of phenolic OH excluding ortho intramolecular Hbond substituents is 1. The van der Waals surface area contributed by atoms with Crippen molar-refractivity contribution in [3.05, 3.63) is 35.9 Å². The van der Waals surface area contributed by atoms with Crippen LogP contribution in [0.2, 0.25) is 0 Å². The fraction of sp³-hybridized carbons (Fsp3) is 0.471. The third-order valence-electron chi connectivity index (χ3n) is 3.00. The molecule has 0 aliphatic rings. The van der Waals surface area contributed by atoms with Gasteiger partial charge in [-0.15, -0.1) is 0 Å². The molecule has 0 aliphatic carbocycles. The van der Waals surface area contributed by atoms with Gasteiger partial charge in [0.25, 0.3) is 0 Å². The van der Waals surface area contributed by atoms with Crippen molar-refractivity contribution in [2.45, 2.75) is 46.0 Å². The molecule has 3 nitrogen and oxygen atoms in total. The molecule has 1 aromatic rings. The zero-order valence-electron chi connectivity index (χ0n) is 12.4. The number of unbranched alkanes of at least 4 members (excludes halogenated alkanes) is 1. The number of benzene rings is 1. The Hall–Kier alpha value is -1.77. The lowest BCUT2D eigenvalue weighted by molar-refractivity contribution is -0.114. The van der Waals surface area contributed by atoms with E-state index in [1.54, 1.807) is 12.1 Å². The molecule has 0 fully saturated rings. The van der Waals surface area contributed by atoms with Crippen molar-refractivity contribution in [3.8, 4) is 11.5 Å². The van der Waals surface area contributed by atoms with Crippen molar-refractivity contribution in [1.29, 1.82) is 0 Å². The molecule has 0 amide bonds. The Bertz CT molecular complexity index is 450. The average molecular weight is 276 g/mol. The van der Waals surface area contributed by atoms with Gasteiger partial charge in [-0.1, -0.05) is 25.5 Å². The normalized spacial score (nSPS) is 10.9. The predicted octanol–water partition coefficient (Wildman–Crippen LogP) is 4.04. The molecule has 1 aromatic carbocycles. The molecule has 110 valence electrons. The Morgan fingerprint density at radius 1 is 1.35 bits per heavy atom. The molecule has 0 aromatic heterocycles. The third kappa shape index (κ3) is 5.91. The standard InChI is InChI=1S/C17H24O3/c1-3-5-9-15(18)10-7-6-8-14-11-12-16(19)17(13-14)20-4-2/h7,10-13,19H,3-6,8-9H2,1-2H3. The largest absolute Gasteiger partial charge is 0.504 e.